The Kier molecular flexibility index (Phi) is 3.79. The zero-order valence-corrected chi connectivity index (χ0v) is 12.7. The summed E-state index contributed by atoms with van der Waals surface area (Å²) in [5.74, 6) is 0.409. The van der Waals surface area contributed by atoms with Gasteiger partial charge in [0.25, 0.3) is 0 Å². The summed E-state index contributed by atoms with van der Waals surface area (Å²) in [7, 11) is 0. The van der Waals surface area contributed by atoms with Crippen LogP contribution in [0.15, 0.2) is 34.8 Å². The van der Waals surface area contributed by atoms with Crippen LogP contribution in [0.25, 0.3) is 0 Å². The first kappa shape index (κ1) is 13.9. The molecule has 1 aromatic heterocycles. The second-order valence-corrected chi connectivity index (χ2v) is 5.63. The molecule has 6 heteroatoms. The van der Waals surface area contributed by atoms with Crippen molar-refractivity contribution in [2.75, 3.05) is 11.9 Å². The van der Waals surface area contributed by atoms with Gasteiger partial charge in [-0.05, 0) is 29.8 Å². The van der Waals surface area contributed by atoms with E-state index in [1.807, 2.05) is 6.07 Å². The number of carboxylic acids is 1. The van der Waals surface area contributed by atoms with Crippen LogP contribution >= 0.6 is 15.9 Å². The molecule has 3 rings (SSSR count). The number of carbonyl (C=O) groups is 1. The topological polar surface area (TPSA) is 71.5 Å². The van der Waals surface area contributed by atoms with Gasteiger partial charge in [-0.15, -0.1) is 0 Å². The summed E-state index contributed by atoms with van der Waals surface area (Å²) in [6, 6.07) is 8.94. The van der Waals surface area contributed by atoms with E-state index < -0.39 is 5.97 Å². The molecule has 0 atom stereocenters. The minimum absolute atomic E-state index is 0.0238. The second-order valence-electron chi connectivity index (χ2n) is 4.72. The number of pyridine rings is 1. The number of carboxylic acid groups (broad SMARTS) is 1. The number of benzene rings is 1. The van der Waals surface area contributed by atoms with Crippen molar-refractivity contribution in [3.8, 4) is 5.75 Å². The zero-order valence-electron chi connectivity index (χ0n) is 11.1. The van der Waals surface area contributed by atoms with Gasteiger partial charge < -0.3 is 15.2 Å². The van der Waals surface area contributed by atoms with Crippen molar-refractivity contribution in [3.05, 3.63) is 51.6 Å². The van der Waals surface area contributed by atoms with Crippen LogP contribution < -0.4 is 10.1 Å². The Labute approximate surface area is 130 Å². The fourth-order valence-electron chi connectivity index (χ4n) is 2.32. The predicted octanol–water partition coefficient (Wildman–Crippen LogP) is 3.09. The summed E-state index contributed by atoms with van der Waals surface area (Å²) in [4.78, 5) is 14.9. The molecule has 2 heterocycles. The maximum absolute atomic E-state index is 10.9. The van der Waals surface area contributed by atoms with Gasteiger partial charge in [0.1, 0.15) is 11.6 Å². The van der Waals surface area contributed by atoms with E-state index in [1.54, 1.807) is 12.1 Å². The van der Waals surface area contributed by atoms with Gasteiger partial charge in [0.15, 0.2) is 5.69 Å². The molecule has 0 spiro atoms. The third-order valence-electron chi connectivity index (χ3n) is 3.25. The van der Waals surface area contributed by atoms with Gasteiger partial charge in [0.05, 0.1) is 6.61 Å². The van der Waals surface area contributed by atoms with E-state index in [1.165, 1.54) is 11.6 Å². The monoisotopic (exact) mass is 348 g/mol. The molecule has 0 unspecified atom stereocenters. The highest BCUT2D eigenvalue weighted by Crippen LogP contribution is 2.33. The average molecular weight is 349 g/mol. The van der Waals surface area contributed by atoms with E-state index in [0.29, 0.717) is 19.0 Å². The standard InChI is InChI=1S/C15H13BrN2O3/c16-11-6-9-4-5-21-14(9)10(7-11)8-17-13-3-1-2-12(18-13)15(19)20/h1-3,6-7H,4-5,8H2,(H,17,18)(H,19,20). The van der Waals surface area contributed by atoms with Gasteiger partial charge in [-0.1, -0.05) is 22.0 Å². The molecule has 1 aliphatic rings. The highest BCUT2D eigenvalue weighted by Gasteiger charge is 2.17. The highest BCUT2D eigenvalue weighted by atomic mass is 79.9. The van der Waals surface area contributed by atoms with Crippen LogP contribution in [0.3, 0.4) is 0 Å². The van der Waals surface area contributed by atoms with Crippen molar-refractivity contribution in [2.45, 2.75) is 13.0 Å². The normalized spacial score (nSPS) is 12.6. The molecule has 0 saturated heterocycles. The first-order valence-corrected chi connectivity index (χ1v) is 7.31. The molecule has 21 heavy (non-hydrogen) atoms. The smallest absolute Gasteiger partial charge is 0.354 e. The van der Waals surface area contributed by atoms with Gasteiger partial charge in [-0.3, -0.25) is 0 Å². The fourth-order valence-corrected chi connectivity index (χ4v) is 2.87. The van der Waals surface area contributed by atoms with Crippen molar-refractivity contribution < 1.29 is 14.6 Å². The minimum atomic E-state index is -1.04. The van der Waals surface area contributed by atoms with E-state index in [2.05, 4.69) is 32.3 Å². The van der Waals surface area contributed by atoms with Gasteiger partial charge in [-0.25, -0.2) is 9.78 Å². The van der Waals surface area contributed by atoms with Gasteiger partial charge >= 0.3 is 5.97 Å². The number of hydrogen-bond donors (Lipinski definition) is 2. The summed E-state index contributed by atoms with van der Waals surface area (Å²) in [6.07, 6.45) is 0.911. The Morgan fingerprint density at radius 1 is 1.43 bits per heavy atom. The third-order valence-corrected chi connectivity index (χ3v) is 3.71. The molecule has 0 radical (unpaired) electrons. The molecule has 0 aliphatic carbocycles. The summed E-state index contributed by atoms with van der Waals surface area (Å²) < 4.78 is 6.67. The molecule has 108 valence electrons. The summed E-state index contributed by atoms with van der Waals surface area (Å²) in [6.45, 7) is 1.23. The summed E-state index contributed by atoms with van der Waals surface area (Å²) in [5, 5.41) is 12.1. The summed E-state index contributed by atoms with van der Waals surface area (Å²) in [5.41, 5.74) is 2.24. The lowest BCUT2D eigenvalue weighted by Crippen LogP contribution is -2.06. The number of ether oxygens (including phenoxy) is 1. The lowest BCUT2D eigenvalue weighted by atomic mass is 10.1. The molecule has 0 fully saturated rings. The maximum atomic E-state index is 10.9. The molecule has 1 aliphatic heterocycles. The molecule has 5 nitrogen and oxygen atoms in total. The number of fused-ring (bicyclic) bond motifs is 1. The van der Waals surface area contributed by atoms with Crippen molar-refractivity contribution in [1.82, 2.24) is 4.98 Å². The average Bonchev–Trinajstić information content (AvgIpc) is 2.93. The molecule has 0 amide bonds. The SMILES string of the molecule is O=C(O)c1cccc(NCc2cc(Br)cc3c2OCC3)n1. The van der Waals surface area contributed by atoms with Crippen LogP contribution in [-0.4, -0.2) is 22.7 Å². The van der Waals surface area contributed by atoms with Gasteiger partial charge in [-0.2, -0.15) is 0 Å². The number of hydrogen-bond acceptors (Lipinski definition) is 4. The third kappa shape index (κ3) is 3.00. The lowest BCUT2D eigenvalue weighted by molar-refractivity contribution is 0.0690. The van der Waals surface area contributed by atoms with Crippen molar-refractivity contribution in [1.29, 1.82) is 0 Å². The second kappa shape index (κ2) is 5.73. The predicted molar refractivity (Wildman–Crippen MR) is 81.9 cm³/mol. The maximum Gasteiger partial charge on any atom is 0.354 e. The molecule has 0 saturated carbocycles. The number of halogens is 1. The number of anilines is 1. The zero-order chi connectivity index (χ0) is 14.8. The van der Waals surface area contributed by atoms with E-state index in [0.717, 1.165) is 22.2 Å². The fraction of sp³-hybridized carbons (Fsp3) is 0.200. The van der Waals surface area contributed by atoms with Gasteiger partial charge in [0.2, 0.25) is 0 Å². The molecular formula is C15H13BrN2O3. The van der Waals surface area contributed by atoms with Crippen LogP contribution in [0.4, 0.5) is 5.82 Å². The van der Waals surface area contributed by atoms with E-state index in [-0.39, 0.29) is 5.69 Å². The van der Waals surface area contributed by atoms with Crippen molar-refractivity contribution in [2.24, 2.45) is 0 Å². The first-order valence-electron chi connectivity index (χ1n) is 6.52. The number of nitrogens with zero attached hydrogens (tertiary/aromatic N) is 1. The van der Waals surface area contributed by atoms with Gasteiger partial charge in [0, 0.05) is 23.0 Å². The Balaban J connectivity index is 1.79. The van der Waals surface area contributed by atoms with E-state index >= 15 is 0 Å². The van der Waals surface area contributed by atoms with Crippen LogP contribution in [0.1, 0.15) is 21.6 Å². The van der Waals surface area contributed by atoms with Crippen LogP contribution in [0.5, 0.6) is 5.75 Å². The van der Waals surface area contributed by atoms with Crippen molar-refractivity contribution in [3.63, 3.8) is 0 Å². The number of nitrogens with one attached hydrogen (secondary N) is 1. The Bertz CT molecular complexity index is 703. The highest BCUT2D eigenvalue weighted by molar-refractivity contribution is 9.10. The first-order chi connectivity index (χ1) is 10.1. The molecule has 2 N–H and O–H groups in total. The quantitative estimate of drug-likeness (QED) is 0.888. The summed E-state index contributed by atoms with van der Waals surface area (Å²) >= 11 is 3.50. The lowest BCUT2D eigenvalue weighted by Gasteiger charge is -2.11. The van der Waals surface area contributed by atoms with Crippen LogP contribution in [-0.2, 0) is 13.0 Å². The van der Waals surface area contributed by atoms with E-state index in [9.17, 15) is 4.79 Å². The number of aromatic nitrogens is 1. The Morgan fingerprint density at radius 2 is 2.29 bits per heavy atom. The molecule has 2 aromatic rings. The van der Waals surface area contributed by atoms with Crippen LogP contribution in [0, 0.1) is 0 Å². The molecular weight excluding hydrogens is 336 g/mol. The molecule has 1 aromatic carbocycles. The number of rotatable bonds is 4. The largest absolute Gasteiger partial charge is 0.493 e. The Hall–Kier alpha value is -2.08. The van der Waals surface area contributed by atoms with E-state index in [4.69, 9.17) is 9.84 Å². The molecule has 0 bridgehead atoms. The number of aromatic carboxylic acids is 1. The van der Waals surface area contributed by atoms with Crippen molar-refractivity contribution >= 4 is 27.7 Å². The van der Waals surface area contributed by atoms with Crippen LogP contribution in [0.2, 0.25) is 0 Å². The minimum Gasteiger partial charge on any atom is -0.493 e. The Morgan fingerprint density at radius 3 is 3.10 bits per heavy atom.